The lowest BCUT2D eigenvalue weighted by Gasteiger charge is -2.39. The number of piperidine rings is 1. The molecule has 0 bridgehead atoms. The topological polar surface area (TPSA) is 40.5 Å². The average molecular weight is 453 g/mol. The van der Waals surface area contributed by atoms with Gasteiger partial charge in [0.2, 0.25) is 0 Å². The molecule has 0 amide bonds. The predicted molar refractivity (Wildman–Crippen MR) is 125 cm³/mol. The molecule has 0 radical (unpaired) electrons. The van der Waals surface area contributed by atoms with Crippen molar-refractivity contribution in [3.05, 3.63) is 94.9 Å². The molecule has 3 aromatic rings. The minimum absolute atomic E-state index is 0.0557. The summed E-state index contributed by atoms with van der Waals surface area (Å²) in [6.07, 6.45) is 1.74. The number of nitrogens with zero attached hydrogens (tertiary/aromatic N) is 1. The van der Waals surface area contributed by atoms with Crippen LogP contribution < -0.4 is 4.90 Å². The van der Waals surface area contributed by atoms with E-state index in [0.717, 1.165) is 44.0 Å². The highest BCUT2D eigenvalue weighted by atomic mass is 19.3. The van der Waals surface area contributed by atoms with Crippen LogP contribution in [0.5, 0.6) is 5.75 Å². The van der Waals surface area contributed by atoms with Crippen molar-refractivity contribution in [2.45, 2.75) is 37.0 Å². The van der Waals surface area contributed by atoms with Crippen LogP contribution in [0.4, 0.5) is 14.5 Å². The van der Waals surface area contributed by atoms with Crippen molar-refractivity contribution in [1.82, 2.24) is 0 Å². The normalized spacial score (nSPS) is 24.7. The summed E-state index contributed by atoms with van der Waals surface area (Å²) in [7, 11) is 0. The number of carbonyl (C=O) groups excluding carboxylic acids is 1. The summed E-state index contributed by atoms with van der Waals surface area (Å²) in [5.41, 5.74) is 1.38. The fourth-order valence-corrected chi connectivity index (χ4v) is 5.16. The summed E-state index contributed by atoms with van der Waals surface area (Å²) in [6, 6.07) is 8.58. The monoisotopic (exact) mass is 452 g/mol. The van der Waals surface area contributed by atoms with Gasteiger partial charge in [0.25, 0.3) is 5.92 Å². The maximum absolute atomic E-state index is 15.5. The van der Waals surface area contributed by atoms with E-state index >= 15 is 8.78 Å². The first kappa shape index (κ1) is 16.4. The molecule has 170 valence electrons. The van der Waals surface area contributed by atoms with E-state index in [1.165, 1.54) is 12.1 Å². The lowest BCUT2D eigenvalue weighted by molar-refractivity contribution is -0.111. The van der Waals surface area contributed by atoms with Crippen molar-refractivity contribution in [1.29, 1.82) is 0 Å². The molecule has 33 heavy (non-hydrogen) atoms. The molecule has 0 aromatic heterocycles. The van der Waals surface area contributed by atoms with E-state index in [0.29, 0.717) is 5.56 Å². The number of carbonyl (C=O) groups is 1. The fourth-order valence-electron chi connectivity index (χ4n) is 5.16. The smallest absolute Gasteiger partial charge is 0.274 e. The summed E-state index contributed by atoms with van der Waals surface area (Å²) in [5, 5.41) is 9.98. The van der Waals surface area contributed by atoms with E-state index in [9.17, 15) is 9.90 Å². The average Bonchev–Trinajstić information content (AvgIpc) is 2.91. The van der Waals surface area contributed by atoms with Gasteiger partial charge in [-0.2, -0.15) is 0 Å². The first-order valence-corrected chi connectivity index (χ1v) is 11.1. The SMILES string of the molecule is [2H]c1c([2H])c([2H])c([C@H]2CC(F)(F)c3cc(O)ccc3[C@H]2c2ccc(N3CCC(C=O)CC3)cc2)c([2H])c1[2H]. The summed E-state index contributed by atoms with van der Waals surface area (Å²) in [4.78, 5) is 13.3. The zero-order chi connectivity index (χ0) is 27.4. The van der Waals surface area contributed by atoms with Gasteiger partial charge in [0.05, 0.1) is 6.85 Å². The fraction of sp³-hybridized carbons (Fsp3) is 0.321. The highest BCUT2D eigenvalue weighted by Gasteiger charge is 2.46. The third-order valence-corrected chi connectivity index (χ3v) is 6.88. The van der Waals surface area contributed by atoms with Crippen LogP contribution in [-0.2, 0) is 10.7 Å². The number of anilines is 1. The van der Waals surface area contributed by atoms with Gasteiger partial charge in [-0.05, 0) is 53.8 Å². The number of aromatic hydroxyl groups is 1. The molecule has 0 saturated carbocycles. The number of benzene rings is 3. The van der Waals surface area contributed by atoms with Gasteiger partial charge >= 0.3 is 0 Å². The second-order valence-corrected chi connectivity index (χ2v) is 8.86. The Bertz CT molecular complexity index is 1360. The molecule has 0 unspecified atom stereocenters. The molecule has 1 heterocycles. The second-order valence-electron chi connectivity index (χ2n) is 8.86. The number of fused-ring (bicyclic) bond motifs is 1. The maximum atomic E-state index is 15.5. The maximum Gasteiger partial charge on any atom is 0.274 e. The van der Waals surface area contributed by atoms with Crippen LogP contribution in [0.1, 0.15) is 60.2 Å². The van der Waals surface area contributed by atoms with E-state index < -0.39 is 54.4 Å². The van der Waals surface area contributed by atoms with Crippen LogP contribution in [0, 0.1) is 5.92 Å². The van der Waals surface area contributed by atoms with Crippen LogP contribution in [-0.4, -0.2) is 24.5 Å². The number of halogens is 2. The summed E-state index contributed by atoms with van der Waals surface area (Å²) in [5.74, 6) is -5.47. The Morgan fingerprint density at radius 3 is 2.36 bits per heavy atom. The molecule has 1 N–H and O–H groups in total. The highest BCUT2D eigenvalue weighted by molar-refractivity contribution is 5.56. The van der Waals surface area contributed by atoms with Crippen molar-refractivity contribution in [2.24, 2.45) is 5.92 Å². The van der Waals surface area contributed by atoms with Crippen LogP contribution in [0.3, 0.4) is 0 Å². The van der Waals surface area contributed by atoms with Crippen molar-refractivity contribution in [3.63, 3.8) is 0 Å². The molecule has 5 heteroatoms. The third kappa shape index (κ3) is 4.12. The number of hydrogen-bond acceptors (Lipinski definition) is 3. The Morgan fingerprint density at radius 1 is 1.00 bits per heavy atom. The van der Waals surface area contributed by atoms with Gasteiger partial charge < -0.3 is 14.8 Å². The molecule has 3 aromatic carbocycles. The van der Waals surface area contributed by atoms with Crippen molar-refractivity contribution < 1.29 is 25.5 Å². The number of aldehydes is 1. The number of phenolic OH excluding ortho intramolecular Hbond substituents is 1. The van der Waals surface area contributed by atoms with Crippen LogP contribution in [0.25, 0.3) is 0 Å². The van der Waals surface area contributed by atoms with Crippen molar-refractivity contribution in [2.75, 3.05) is 18.0 Å². The quantitative estimate of drug-likeness (QED) is 0.478. The number of phenols is 1. The van der Waals surface area contributed by atoms with E-state index in [1.54, 1.807) is 0 Å². The molecule has 2 aliphatic rings. The first-order chi connectivity index (χ1) is 18.0. The molecule has 1 aliphatic carbocycles. The molecular formula is C28H27F2NO2. The molecule has 0 spiro atoms. The zero-order valence-electron chi connectivity index (χ0n) is 22.9. The van der Waals surface area contributed by atoms with Gasteiger partial charge in [0.1, 0.15) is 12.0 Å². The van der Waals surface area contributed by atoms with Crippen molar-refractivity contribution in [3.8, 4) is 5.75 Å². The molecule has 1 saturated heterocycles. The van der Waals surface area contributed by atoms with Gasteiger partial charge in [-0.1, -0.05) is 48.4 Å². The number of hydrogen-bond donors (Lipinski definition) is 1. The Hall–Kier alpha value is -3.21. The third-order valence-electron chi connectivity index (χ3n) is 6.88. The zero-order valence-corrected chi connectivity index (χ0v) is 17.9. The van der Waals surface area contributed by atoms with Crippen LogP contribution in [0.15, 0.2) is 72.7 Å². The van der Waals surface area contributed by atoms with Gasteiger partial charge in [-0.15, -0.1) is 0 Å². The highest BCUT2D eigenvalue weighted by Crippen LogP contribution is 2.54. The Kier molecular flexibility index (Phi) is 4.29. The van der Waals surface area contributed by atoms with E-state index in [2.05, 4.69) is 4.90 Å². The Labute approximate surface area is 199 Å². The summed E-state index contributed by atoms with van der Waals surface area (Å²) < 4.78 is 72.2. The Morgan fingerprint density at radius 2 is 1.70 bits per heavy atom. The van der Waals surface area contributed by atoms with E-state index in [-0.39, 0.29) is 28.4 Å². The van der Waals surface area contributed by atoms with Gasteiger partial charge in [0, 0.05) is 48.5 Å². The van der Waals surface area contributed by atoms with Crippen LogP contribution in [0.2, 0.25) is 0 Å². The lowest BCUT2D eigenvalue weighted by Crippen LogP contribution is -2.34. The first-order valence-electron chi connectivity index (χ1n) is 13.6. The molecule has 1 aliphatic heterocycles. The van der Waals surface area contributed by atoms with Gasteiger partial charge in [-0.25, -0.2) is 8.78 Å². The number of alkyl halides is 2. The predicted octanol–water partition coefficient (Wildman–Crippen LogP) is 6.22. The molecule has 5 rings (SSSR count). The van der Waals surface area contributed by atoms with Crippen molar-refractivity contribution >= 4 is 12.0 Å². The summed E-state index contributed by atoms with van der Waals surface area (Å²) >= 11 is 0. The Balaban J connectivity index is 1.63. The van der Waals surface area contributed by atoms with E-state index in [1.807, 2.05) is 24.3 Å². The van der Waals surface area contributed by atoms with Crippen LogP contribution >= 0.6 is 0 Å². The van der Waals surface area contributed by atoms with Gasteiger partial charge in [-0.3, -0.25) is 0 Å². The summed E-state index contributed by atoms with van der Waals surface area (Å²) in [6.45, 7) is 1.46. The minimum atomic E-state index is -3.39. The molecule has 3 nitrogen and oxygen atoms in total. The lowest BCUT2D eigenvalue weighted by atomic mass is 9.68. The van der Waals surface area contributed by atoms with Gasteiger partial charge in [0.15, 0.2) is 0 Å². The molecule has 1 fully saturated rings. The van der Waals surface area contributed by atoms with E-state index in [4.69, 9.17) is 6.85 Å². The standard InChI is InChI=1S/C28H27F2NO2/c29-28(30)17-25(20-4-2-1-3-5-20)27(24-11-10-23(33)16-26(24)28)21-6-8-22(9-7-21)31-14-12-19(18-32)13-15-31/h1-11,16,18-19,25,27,33H,12-15,17H2/t25-,27-/m1/s1/i1D,2D,3D,4D,5D. The molecular weight excluding hydrogens is 420 g/mol. The molecule has 2 atom stereocenters. The second kappa shape index (κ2) is 8.62. The minimum Gasteiger partial charge on any atom is -0.508 e. The largest absolute Gasteiger partial charge is 0.508 e. The number of rotatable bonds is 4.